The van der Waals surface area contributed by atoms with Crippen LogP contribution in [0.25, 0.3) is 21.8 Å². The standard InChI is InChI=1S/C33H43Cl2N5O4/c1-38(12-14-39(16-18-43-22-20-41-2)32-8-10-36-30-24-26(34)4-6-28(30)32)13-15-40(17-19-44-23-21-42-3)33-9-11-37-31-25-27(35)5-7-29(31)33/h4-11,24-25H,12-23H2,1-3H3. The molecule has 2 aromatic heterocycles. The molecule has 9 nitrogen and oxygen atoms in total. The third-order valence-corrected chi connectivity index (χ3v) is 7.89. The van der Waals surface area contributed by atoms with E-state index in [2.05, 4.69) is 43.8 Å². The third kappa shape index (κ3) is 10.1. The van der Waals surface area contributed by atoms with Crippen molar-refractivity contribution in [2.45, 2.75) is 0 Å². The maximum Gasteiger partial charge on any atom is 0.0737 e. The highest BCUT2D eigenvalue weighted by Crippen LogP contribution is 2.29. The Bertz CT molecular complexity index is 1340. The van der Waals surface area contributed by atoms with E-state index in [1.54, 1.807) is 14.2 Å². The van der Waals surface area contributed by atoms with E-state index in [1.807, 2.05) is 48.8 Å². The SMILES string of the molecule is COCCOCCN(CCN(C)CCN(CCOCCOC)c1ccnc2cc(Cl)ccc12)c1ccnc2cc(Cl)ccc12. The fraction of sp³-hybridized carbons (Fsp3) is 0.455. The predicted molar refractivity (Wildman–Crippen MR) is 181 cm³/mol. The summed E-state index contributed by atoms with van der Waals surface area (Å²) < 4.78 is 22.0. The highest BCUT2D eigenvalue weighted by molar-refractivity contribution is 6.31. The molecule has 4 rings (SSSR count). The average Bonchev–Trinajstić information content (AvgIpc) is 3.03. The van der Waals surface area contributed by atoms with Gasteiger partial charge in [-0.25, -0.2) is 0 Å². The summed E-state index contributed by atoms with van der Waals surface area (Å²) in [5, 5.41) is 3.49. The highest BCUT2D eigenvalue weighted by atomic mass is 35.5. The van der Waals surface area contributed by atoms with E-state index in [0.717, 1.165) is 72.4 Å². The number of hydrogen-bond donors (Lipinski definition) is 0. The summed E-state index contributed by atoms with van der Waals surface area (Å²) in [7, 11) is 5.53. The monoisotopic (exact) mass is 643 g/mol. The number of fused-ring (bicyclic) bond motifs is 2. The maximum atomic E-state index is 6.26. The predicted octanol–water partition coefficient (Wildman–Crippen LogP) is 5.66. The van der Waals surface area contributed by atoms with E-state index in [4.69, 9.17) is 42.1 Å². The summed E-state index contributed by atoms with van der Waals surface area (Å²) in [4.78, 5) is 16.2. The van der Waals surface area contributed by atoms with E-state index < -0.39 is 0 Å². The van der Waals surface area contributed by atoms with Gasteiger partial charge in [0.05, 0.1) is 50.7 Å². The van der Waals surface area contributed by atoms with E-state index in [0.29, 0.717) is 49.7 Å². The normalized spacial score (nSPS) is 11.6. The maximum absolute atomic E-state index is 6.26. The smallest absolute Gasteiger partial charge is 0.0737 e. The molecule has 2 heterocycles. The van der Waals surface area contributed by atoms with Crippen LogP contribution in [-0.2, 0) is 18.9 Å². The number of benzene rings is 2. The number of methoxy groups -OCH3 is 2. The number of nitrogens with zero attached hydrogens (tertiary/aromatic N) is 5. The Morgan fingerprint density at radius 2 is 1.02 bits per heavy atom. The first kappa shape index (κ1) is 34.1. The van der Waals surface area contributed by atoms with Crippen LogP contribution in [0, 0.1) is 0 Å². The second-order valence-corrected chi connectivity index (χ2v) is 11.3. The molecule has 0 amide bonds. The lowest BCUT2D eigenvalue weighted by Crippen LogP contribution is -2.40. The summed E-state index contributed by atoms with van der Waals surface area (Å²) in [5.41, 5.74) is 3.99. The van der Waals surface area contributed by atoms with E-state index in [9.17, 15) is 0 Å². The van der Waals surface area contributed by atoms with Crippen molar-refractivity contribution in [3.63, 3.8) is 0 Å². The first-order valence-electron chi connectivity index (χ1n) is 14.9. The van der Waals surface area contributed by atoms with Crippen LogP contribution in [0.1, 0.15) is 0 Å². The number of ether oxygens (including phenoxy) is 4. The number of anilines is 2. The number of rotatable bonds is 20. The van der Waals surface area contributed by atoms with E-state index in [1.165, 1.54) is 0 Å². The number of pyridine rings is 2. The molecule has 0 unspecified atom stereocenters. The second-order valence-electron chi connectivity index (χ2n) is 10.5. The molecule has 0 aliphatic heterocycles. The minimum atomic E-state index is 0.567. The highest BCUT2D eigenvalue weighted by Gasteiger charge is 2.15. The molecule has 0 aliphatic carbocycles. The minimum Gasteiger partial charge on any atom is -0.382 e. The van der Waals surface area contributed by atoms with Crippen molar-refractivity contribution in [3.8, 4) is 0 Å². The molecular formula is C33H43Cl2N5O4. The summed E-state index contributed by atoms with van der Waals surface area (Å²) in [6.45, 7) is 8.34. The largest absolute Gasteiger partial charge is 0.382 e. The van der Waals surface area contributed by atoms with Gasteiger partial charge < -0.3 is 33.6 Å². The van der Waals surface area contributed by atoms with Crippen molar-refractivity contribution in [3.05, 3.63) is 71.0 Å². The van der Waals surface area contributed by atoms with Gasteiger partial charge in [0.2, 0.25) is 0 Å². The van der Waals surface area contributed by atoms with Gasteiger partial charge in [0.25, 0.3) is 0 Å². The lowest BCUT2D eigenvalue weighted by atomic mass is 10.1. The van der Waals surface area contributed by atoms with Crippen molar-refractivity contribution in [1.82, 2.24) is 14.9 Å². The minimum absolute atomic E-state index is 0.567. The first-order valence-corrected chi connectivity index (χ1v) is 15.7. The van der Waals surface area contributed by atoms with Crippen LogP contribution in [-0.4, -0.2) is 115 Å². The van der Waals surface area contributed by atoms with E-state index >= 15 is 0 Å². The lowest BCUT2D eigenvalue weighted by molar-refractivity contribution is 0.0737. The fourth-order valence-corrected chi connectivity index (χ4v) is 5.33. The molecule has 0 spiro atoms. The van der Waals surface area contributed by atoms with Gasteiger partial charge in [0, 0.05) is 98.1 Å². The Labute approximate surface area is 270 Å². The molecule has 0 saturated heterocycles. The van der Waals surface area contributed by atoms with Crippen LogP contribution >= 0.6 is 23.2 Å². The van der Waals surface area contributed by atoms with Gasteiger partial charge in [-0.2, -0.15) is 0 Å². The van der Waals surface area contributed by atoms with Crippen LogP contribution in [0.3, 0.4) is 0 Å². The van der Waals surface area contributed by atoms with Gasteiger partial charge in [0.1, 0.15) is 0 Å². The van der Waals surface area contributed by atoms with Crippen molar-refractivity contribution in [1.29, 1.82) is 0 Å². The van der Waals surface area contributed by atoms with Gasteiger partial charge >= 0.3 is 0 Å². The molecule has 2 aromatic carbocycles. The Kier molecular flexibility index (Phi) is 14.2. The molecule has 0 bridgehead atoms. The van der Waals surface area contributed by atoms with Crippen LogP contribution in [0.4, 0.5) is 11.4 Å². The Morgan fingerprint density at radius 3 is 1.45 bits per heavy atom. The quantitative estimate of drug-likeness (QED) is 0.113. The molecule has 0 atom stereocenters. The number of likely N-dealkylation sites (N-methyl/N-ethyl adjacent to an activating group) is 1. The van der Waals surface area contributed by atoms with Crippen LogP contribution in [0.2, 0.25) is 10.0 Å². The zero-order valence-electron chi connectivity index (χ0n) is 25.9. The van der Waals surface area contributed by atoms with Crippen molar-refractivity contribution < 1.29 is 18.9 Å². The van der Waals surface area contributed by atoms with Crippen molar-refractivity contribution in [2.24, 2.45) is 0 Å². The Hall–Kier alpha value is -2.76. The molecule has 0 N–H and O–H groups in total. The van der Waals surface area contributed by atoms with Crippen LogP contribution in [0.5, 0.6) is 0 Å². The van der Waals surface area contributed by atoms with Crippen LogP contribution < -0.4 is 9.80 Å². The zero-order valence-corrected chi connectivity index (χ0v) is 27.4. The summed E-state index contributed by atoms with van der Waals surface area (Å²) >= 11 is 12.5. The molecule has 44 heavy (non-hydrogen) atoms. The van der Waals surface area contributed by atoms with Gasteiger partial charge in [-0.3, -0.25) is 9.97 Å². The van der Waals surface area contributed by atoms with E-state index in [-0.39, 0.29) is 0 Å². The molecule has 0 fully saturated rings. The molecular weight excluding hydrogens is 601 g/mol. The van der Waals surface area contributed by atoms with Gasteiger partial charge in [0.15, 0.2) is 0 Å². The lowest BCUT2D eigenvalue weighted by Gasteiger charge is -2.31. The van der Waals surface area contributed by atoms with Gasteiger partial charge in [-0.05, 0) is 55.6 Å². The van der Waals surface area contributed by atoms with Crippen molar-refractivity contribution in [2.75, 3.05) is 110 Å². The Balaban J connectivity index is 1.44. The fourth-order valence-electron chi connectivity index (χ4n) is 5.00. The molecule has 238 valence electrons. The average molecular weight is 645 g/mol. The number of aromatic nitrogens is 2. The third-order valence-electron chi connectivity index (χ3n) is 7.42. The first-order chi connectivity index (χ1) is 21.5. The molecule has 4 aromatic rings. The van der Waals surface area contributed by atoms with Crippen molar-refractivity contribution >= 4 is 56.4 Å². The molecule has 0 saturated carbocycles. The number of halogens is 2. The second kappa shape index (κ2) is 18.3. The Morgan fingerprint density at radius 1 is 0.568 bits per heavy atom. The van der Waals surface area contributed by atoms with Gasteiger partial charge in [-0.1, -0.05) is 23.2 Å². The topological polar surface area (TPSA) is 72.4 Å². The summed E-state index contributed by atoms with van der Waals surface area (Å²) in [6, 6.07) is 15.9. The number of hydrogen-bond acceptors (Lipinski definition) is 9. The molecule has 11 heteroatoms. The van der Waals surface area contributed by atoms with Gasteiger partial charge in [-0.15, -0.1) is 0 Å². The zero-order chi connectivity index (χ0) is 31.1. The van der Waals surface area contributed by atoms with Crippen LogP contribution in [0.15, 0.2) is 60.9 Å². The summed E-state index contributed by atoms with van der Waals surface area (Å²) in [6.07, 6.45) is 3.69. The summed E-state index contributed by atoms with van der Waals surface area (Å²) in [5.74, 6) is 0. The molecule has 0 aliphatic rings. The molecule has 0 radical (unpaired) electrons.